The Morgan fingerprint density at radius 2 is 1.57 bits per heavy atom. The molecule has 0 spiro atoms. The van der Waals surface area contributed by atoms with E-state index in [9.17, 15) is 26.7 Å². The molecule has 10 heteroatoms. The van der Waals surface area contributed by atoms with Crippen LogP contribution in [0, 0.1) is 0 Å². The number of nitrogens with zero attached hydrogens (tertiary/aromatic N) is 2. The van der Waals surface area contributed by atoms with Gasteiger partial charge in [0.1, 0.15) is 11.4 Å². The molecular weight excluding hydrogens is 337 g/mol. The van der Waals surface area contributed by atoms with Crippen LogP contribution in [0.5, 0.6) is 5.75 Å². The maximum Gasteiger partial charge on any atom is 0.418 e. The van der Waals surface area contributed by atoms with Gasteiger partial charge in [0.05, 0.1) is 16.1 Å². The summed E-state index contributed by atoms with van der Waals surface area (Å²) in [5, 5.41) is 16.4. The number of azo groups is 1. The van der Waals surface area contributed by atoms with Crippen molar-refractivity contribution in [1.82, 2.24) is 0 Å². The van der Waals surface area contributed by atoms with Gasteiger partial charge in [-0.1, -0.05) is 12.1 Å². The monoisotopic (exact) mass is 346 g/mol. The standard InChI is InChI=1S/C13H9F3N2O4S/c14-13(15,16)9-3-1-2-4-10(9)17-18-11-7-8(23(20,21)22)5-6-12(11)19/h1-7,19H,(H,20,21,22). The van der Waals surface area contributed by atoms with E-state index in [2.05, 4.69) is 10.2 Å². The number of halogens is 3. The van der Waals surface area contributed by atoms with E-state index in [0.29, 0.717) is 0 Å². The topological polar surface area (TPSA) is 99.3 Å². The first-order valence-electron chi connectivity index (χ1n) is 5.97. The summed E-state index contributed by atoms with van der Waals surface area (Å²) in [4.78, 5) is -0.576. The van der Waals surface area contributed by atoms with Crippen LogP contribution in [0.25, 0.3) is 0 Å². The summed E-state index contributed by atoms with van der Waals surface area (Å²) in [6.45, 7) is 0. The van der Waals surface area contributed by atoms with Crippen molar-refractivity contribution in [3.63, 3.8) is 0 Å². The van der Waals surface area contributed by atoms with Crippen LogP contribution in [0.3, 0.4) is 0 Å². The molecule has 2 N–H and O–H groups in total. The van der Waals surface area contributed by atoms with Gasteiger partial charge in [-0.05, 0) is 30.3 Å². The van der Waals surface area contributed by atoms with Gasteiger partial charge in [0.25, 0.3) is 10.1 Å². The van der Waals surface area contributed by atoms with Crippen molar-refractivity contribution >= 4 is 21.5 Å². The summed E-state index contributed by atoms with van der Waals surface area (Å²) in [7, 11) is -4.55. The maximum absolute atomic E-state index is 12.8. The summed E-state index contributed by atoms with van der Waals surface area (Å²) < 4.78 is 69.4. The number of benzene rings is 2. The Bertz CT molecular complexity index is 864. The first-order valence-corrected chi connectivity index (χ1v) is 7.41. The Morgan fingerprint density at radius 1 is 0.957 bits per heavy atom. The van der Waals surface area contributed by atoms with Gasteiger partial charge in [-0.2, -0.15) is 21.6 Å². The molecule has 6 nitrogen and oxygen atoms in total. The second-order valence-electron chi connectivity index (χ2n) is 4.34. The number of hydrogen-bond donors (Lipinski definition) is 2. The minimum absolute atomic E-state index is 0.405. The van der Waals surface area contributed by atoms with Crippen molar-refractivity contribution < 1.29 is 31.2 Å². The molecule has 0 aliphatic rings. The molecule has 0 radical (unpaired) electrons. The highest BCUT2D eigenvalue weighted by Gasteiger charge is 2.33. The molecule has 0 saturated carbocycles. The van der Waals surface area contributed by atoms with Gasteiger partial charge in [0, 0.05) is 0 Å². The minimum atomic E-state index is -4.64. The zero-order chi connectivity index (χ0) is 17.3. The molecule has 0 bridgehead atoms. The lowest BCUT2D eigenvalue weighted by Crippen LogP contribution is -2.04. The van der Waals surface area contributed by atoms with E-state index in [4.69, 9.17) is 4.55 Å². The van der Waals surface area contributed by atoms with Crippen molar-refractivity contribution in [3.8, 4) is 5.75 Å². The fourth-order valence-electron chi connectivity index (χ4n) is 1.65. The fourth-order valence-corrected chi connectivity index (χ4v) is 2.15. The molecule has 0 atom stereocenters. The largest absolute Gasteiger partial charge is 0.506 e. The third-order valence-electron chi connectivity index (χ3n) is 2.72. The van der Waals surface area contributed by atoms with E-state index in [0.717, 1.165) is 30.3 Å². The van der Waals surface area contributed by atoms with Crippen LogP contribution >= 0.6 is 0 Å². The lowest BCUT2D eigenvalue weighted by Gasteiger charge is -2.08. The van der Waals surface area contributed by atoms with E-state index < -0.39 is 43.9 Å². The Balaban J connectivity index is 2.46. The molecule has 0 unspecified atom stereocenters. The first-order chi connectivity index (χ1) is 10.6. The predicted octanol–water partition coefficient (Wildman–Crippen LogP) is 4.07. The number of phenolic OH excluding ortho intramolecular Hbond substituents is 1. The molecule has 23 heavy (non-hydrogen) atoms. The van der Waals surface area contributed by atoms with Gasteiger partial charge < -0.3 is 5.11 Å². The van der Waals surface area contributed by atoms with E-state index >= 15 is 0 Å². The van der Waals surface area contributed by atoms with E-state index in [1.54, 1.807) is 0 Å². The highest BCUT2D eigenvalue weighted by atomic mass is 32.2. The molecule has 2 aromatic carbocycles. The van der Waals surface area contributed by atoms with Gasteiger partial charge in [-0.3, -0.25) is 4.55 Å². The highest BCUT2D eigenvalue weighted by molar-refractivity contribution is 7.85. The zero-order valence-electron chi connectivity index (χ0n) is 11.2. The third kappa shape index (κ3) is 4.05. The molecule has 0 aromatic heterocycles. The molecule has 0 aliphatic heterocycles. The Hall–Kier alpha value is -2.46. The van der Waals surface area contributed by atoms with E-state index in [-0.39, 0.29) is 0 Å². The summed E-state index contributed by atoms with van der Waals surface area (Å²) in [6.07, 6.45) is -4.64. The van der Waals surface area contributed by atoms with Crippen LogP contribution in [0.15, 0.2) is 57.6 Å². The summed E-state index contributed by atoms with van der Waals surface area (Å²) >= 11 is 0. The van der Waals surface area contributed by atoms with Crippen molar-refractivity contribution in [2.75, 3.05) is 0 Å². The van der Waals surface area contributed by atoms with Gasteiger partial charge in [0.15, 0.2) is 0 Å². The molecular formula is C13H9F3N2O4S. The first kappa shape index (κ1) is 16.9. The van der Waals surface area contributed by atoms with E-state index in [1.807, 2.05) is 0 Å². The Morgan fingerprint density at radius 3 is 2.17 bits per heavy atom. The van der Waals surface area contributed by atoms with Gasteiger partial charge in [-0.15, -0.1) is 10.2 Å². The smallest absolute Gasteiger partial charge is 0.418 e. The summed E-state index contributed by atoms with van der Waals surface area (Å²) in [5.74, 6) is -0.509. The van der Waals surface area contributed by atoms with Crippen LogP contribution < -0.4 is 0 Å². The van der Waals surface area contributed by atoms with Crippen LogP contribution in [0.1, 0.15) is 5.56 Å². The second-order valence-corrected chi connectivity index (χ2v) is 5.76. The second kappa shape index (κ2) is 5.97. The van der Waals surface area contributed by atoms with Crippen molar-refractivity contribution in [3.05, 3.63) is 48.0 Å². The molecule has 0 amide bonds. The minimum Gasteiger partial charge on any atom is -0.506 e. The number of alkyl halides is 3. The molecule has 0 heterocycles. The Labute approximate surface area is 128 Å². The lowest BCUT2D eigenvalue weighted by molar-refractivity contribution is -0.137. The van der Waals surface area contributed by atoms with Crippen molar-refractivity contribution in [1.29, 1.82) is 0 Å². The lowest BCUT2D eigenvalue weighted by atomic mass is 10.2. The van der Waals surface area contributed by atoms with Gasteiger partial charge in [0.2, 0.25) is 0 Å². The van der Waals surface area contributed by atoms with E-state index in [1.165, 1.54) is 12.1 Å². The maximum atomic E-state index is 12.8. The number of hydrogen-bond acceptors (Lipinski definition) is 5. The number of rotatable bonds is 3. The van der Waals surface area contributed by atoms with Crippen LogP contribution in [0.2, 0.25) is 0 Å². The van der Waals surface area contributed by atoms with Crippen molar-refractivity contribution in [2.45, 2.75) is 11.1 Å². The van der Waals surface area contributed by atoms with Crippen molar-refractivity contribution in [2.24, 2.45) is 10.2 Å². The zero-order valence-corrected chi connectivity index (χ0v) is 12.0. The predicted molar refractivity (Wildman–Crippen MR) is 73.5 cm³/mol. The van der Waals surface area contributed by atoms with Crippen LogP contribution in [-0.4, -0.2) is 18.1 Å². The molecule has 0 aliphatic carbocycles. The van der Waals surface area contributed by atoms with Crippen LogP contribution in [0.4, 0.5) is 24.5 Å². The number of aromatic hydroxyl groups is 1. The fraction of sp³-hybridized carbons (Fsp3) is 0.0769. The Kier molecular flexibility index (Phi) is 4.39. The average molecular weight is 346 g/mol. The molecule has 122 valence electrons. The molecule has 2 rings (SSSR count). The molecule has 0 fully saturated rings. The van der Waals surface area contributed by atoms with Gasteiger partial charge in [-0.25, -0.2) is 0 Å². The highest BCUT2D eigenvalue weighted by Crippen LogP contribution is 2.37. The third-order valence-corrected chi connectivity index (χ3v) is 3.57. The normalized spacial score (nSPS) is 12.7. The SMILES string of the molecule is O=S(=O)(O)c1ccc(O)c(N=Nc2ccccc2C(F)(F)F)c1. The molecule has 0 saturated heterocycles. The summed E-state index contributed by atoms with van der Waals surface area (Å²) in [6, 6.07) is 6.99. The quantitative estimate of drug-likeness (QED) is 0.646. The average Bonchev–Trinajstić information content (AvgIpc) is 2.44. The molecule has 2 aromatic rings. The van der Waals surface area contributed by atoms with Gasteiger partial charge >= 0.3 is 6.18 Å². The summed E-state index contributed by atoms with van der Waals surface area (Å²) in [5.41, 5.74) is -1.94. The van der Waals surface area contributed by atoms with Crippen LogP contribution in [-0.2, 0) is 16.3 Å². The number of phenols is 1.